The highest BCUT2D eigenvalue weighted by molar-refractivity contribution is 5.87. The molecular weight excluding hydrogens is 226 g/mol. The lowest BCUT2D eigenvalue weighted by Crippen LogP contribution is -1.83. The second-order valence-electron chi connectivity index (χ2n) is 4.16. The zero-order valence-electron chi connectivity index (χ0n) is 9.55. The fourth-order valence-corrected chi connectivity index (χ4v) is 2.04. The quantitative estimate of drug-likeness (QED) is 0.671. The SMILES string of the molecule is O=Cc1ccc(-c2cc3ccccc3[nH]2)cc1O. The molecule has 0 spiro atoms. The highest BCUT2D eigenvalue weighted by atomic mass is 16.3. The van der Waals surface area contributed by atoms with E-state index in [1.165, 1.54) is 0 Å². The van der Waals surface area contributed by atoms with Gasteiger partial charge >= 0.3 is 0 Å². The van der Waals surface area contributed by atoms with Gasteiger partial charge in [-0.3, -0.25) is 4.79 Å². The van der Waals surface area contributed by atoms with E-state index in [1.807, 2.05) is 36.4 Å². The number of fused-ring (bicyclic) bond motifs is 1. The normalized spacial score (nSPS) is 10.7. The Hall–Kier alpha value is -2.55. The smallest absolute Gasteiger partial charge is 0.153 e. The Morgan fingerprint density at radius 1 is 1.06 bits per heavy atom. The van der Waals surface area contributed by atoms with E-state index in [9.17, 15) is 9.90 Å². The summed E-state index contributed by atoms with van der Waals surface area (Å²) in [4.78, 5) is 13.9. The number of aldehydes is 1. The minimum Gasteiger partial charge on any atom is -0.507 e. The van der Waals surface area contributed by atoms with Gasteiger partial charge in [-0.25, -0.2) is 0 Å². The molecule has 0 atom stereocenters. The maximum Gasteiger partial charge on any atom is 0.153 e. The average Bonchev–Trinajstić information content (AvgIpc) is 2.82. The lowest BCUT2D eigenvalue weighted by molar-refractivity contribution is 0.112. The van der Waals surface area contributed by atoms with E-state index in [0.717, 1.165) is 22.2 Å². The van der Waals surface area contributed by atoms with Gasteiger partial charge in [-0.2, -0.15) is 0 Å². The van der Waals surface area contributed by atoms with Crippen LogP contribution in [-0.2, 0) is 0 Å². The molecule has 0 aliphatic carbocycles. The van der Waals surface area contributed by atoms with Crippen molar-refractivity contribution in [3.8, 4) is 17.0 Å². The van der Waals surface area contributed by atoms with Crippen LogP contribution in [0.3, 0.4) is 0 Å². The molecule has 1 aromatic heterocycles. The van der Waals surface area contributed by atoms with E-state index in [1.54, 1.807) is 12.1 Å². The number of H-pyrrole nitrogens is 1. The van der Waals surface area contributed by atoms with E-state index >= 15 is 0 Å². The first-order chi connectivity index (χ1) is 8.78. The largest absolute Gasteiger partial charge is 0.507 e. The van der Waals surface area contributed by atoms with Crippen molar-refractivity contribution in [3.05, 3.63) is 54.1 Å². The number of aromatic nitrogens is 1. The molecule has 0 radical (unpaired) electrons. The number of para-hydroxylation sites is 1. The van der Waals surface area contributed by atoms with E-state index in [-0.39, 0.29) is 5.75 Å². The number of aromatic hydroxyl groups is 1. The maximum absolute atomic E-state index is 10.6. The predicted octanol–water partition coefficient (Wildman–Crippen LogP) is 3.35. The number of nitrogens with one attached hydrogen (secondary N) is 1. The maximum atomic E-state index is 10.6. The Labute approximate surface area is 104 Å². The number of benzene rings is 2. The first-order valence-corrected chi connectivity index (χ1v) is 5.64. The third-order valence-corrected chi connectivity index (χ3v) is 3.00. The van der Waals surface area contributed by atoms with Crippen molar-refractivity contribution in [2.45, 2.75) is 0 Å². The molecule has 2 N–H and O–H groups in total. The zero-order valence-corrected chi connectivity index (χ0v) is 9.55. The molecule has 0 saturated carbocycles. The summed E-state index contributed by atoms with van der Waals surface area (Å²) in [5, 5.41) is 10.8. The van der Waals surface area contributed by atoms with Crippen molar-refractivity contribution in [3.63, 3.8) is 0 Å². The van der Waals surface area contributed by atoms with Gasteiger partial charge in [-0.1, -0.05) is 24.3 Å². The molecule has 0 fully saturated rings. The molecule has 88 valence electrons. The molecule has 0 bridgehead atoms. The molecule has 2 aromatic carbocycles. The molecule has 0 unspecified atom stereocenters. The molecule has 3 nitrogen and oxygen atoms in total. The number of carbonyl (C=O) groups is 1. The van der Waals surface area contributed by atoms with Crippen molar-refractivity contribution in [2.75, 3.05) is 0 Å². The molecule has 0 aliphatic heterocycles. The van der Waals surface area contributed by atoms with Crippen molar-refractivity contribution in [1.82, 2.24) is 4.98 Å². The number of aromatic amines is 1. The van der Waals surface area contributed by atoms with Crippen LogP contribution in [0.15, 0.2) is 48.5 Å². The Morgan fingerprint density at radius 2 is 1.89 bits per heavy atom. The van der Waals surface area contributed by atoms with Crippen molar-refractivity contribution < 1.29 is 9.90 Å². The summed E-state index contributed by atoms with van der Waals surface area (Å²) < 4.78 is 0. The number of phenolic OH excluding ortho intramolecular Hbond substituents is 1. The van der Waals surface area contributed by atoms with Crippen LogP contribution in [0.25, 0.3) is 22.2 Å². The zero-order chi connectivity index (χ0) is 12.5. The highest BCUT2D eigenvalue weighted by Crippen LogP contribution is 2.27. The summed E-state index contributed by atoms with van der Waals surface area (Å²) in [6.07, 6.45) is 0.643. The Morgan fingerprint density at radius 3 is 2.61 bits per heavy atom. The van der Waals surface area contributed by atoms with Crippen LogP contribution >= 0.6 is 0 Å². The summed E-state index contributed by atoms with van der Waals surface area (Å²) in [5.41, 5.74) is 3.12. The highest BCUT2D eigenvalue weighted by Gasteiger charge is 2.06. The number of phenols is 1. The lowest BCUT2D eigenvalue weighted by Gasteiger charge is -2.01. The molecule has 1 heterocycles. The molecule has 0 saturated heterocycles. The fraction of sp³-hybridized carbons (Fsp3) is 0. The van der Waals surface area contributed by atoms with Crippen molar-refractivity contribution in [1.29, 1.82) is 0 Å². The third kappa shape index (κ3) is 1.66. The van der Waals surface area contributed by atoms with Gasteiger partial charge in [0.1, 0.15) is 5.75 Å². The molecule has 3 aromatic rings. The first-order valence-electron chi connectivity index (χ1n) is 5.64. The Bertz CT molecular complexity index is 695. The number of hydrogen-bond donors (Lipinski definition) is 2. The summed E-state index contributed by atoms with van der Waals surface area (Å²) in [6.45, 7) is 0. The van der Waals surface area contributed by atoms with Crippen LogP contribution < -0.4 is 0 Å². The first kappa shape index (κ1) is 10.6. The van der Waals surface area contributed by atoms with E-state index in [2.05, 4.69) is 4.98 Å². The molecule has 0 amide bonds. The number of carbonyl (C=O) groups excluding carboxylic acids is 1. The van der Waals surface area contributed by atoms with Crippen LogP contribution in [0.4, 0.5) is 0 Å². The summed E-state index contributed by atoms with van der Waals surface area (Å²) in [5.74, 6) is 0.00107. The van der Waals surface area contributed by atoms with Gasteiger partial charge in [0.2, 0.25) is 0 Å². The Balaban J connectivity index is 2.14. The lowest BCUT2D eigenvalue weighted by atomic mass is 10.1. The Kier molecular flexibility index (Phi) is 2.38. The fourth-order valence-electron chi connectivity index (χ4n) is 2.04. The topological polar surface area (TPSA) is 53.1 Å². The number of rotatable bonds is 2. The summed E-state index contributed by atoms with van der Waals surface area (Å²) in [7, 11) is 0. The molecule has 18 heavy (non-hydrogen) atoms. The van der Waals surface area contributed by atoms with E-state index in [4.69, 9.17) is 0 Å². The van der Waals surface area contributed by atoms with Gasteiger partial charge < -0.3 is 10.1 Å². The van der Waals surface area contributed by atoms with E-state index in [0.29, 0.717) is 11.8 Å². The minimum atomic E-state index is 0.00107. The summed E-state index contributed by atoms with van der Waals surface area (Å²) in [6, 6.07) is 15.0. The summed E-state index contributed by atoms with van der Waals surface area (Å²) >= 11 is 0. The molecule has 3 heteroatoms. The predicted molar refractivity (Wildman–Crippen MR) is 70.8 cm³/mol. The van der Waals surface area contributed by atoms with Gasteiger partial charge in [0, 0.05) is 22.2 Å². The number of hydrogen-bond acceptors (Lipinski definition) is 2. The van der Waals surface area contributed by atoms with Crippen LogP contribution in [0.1, 0.15) is 10.4 Å². The average molecular weight is 237 g/mol. The van der Waals surface area contributed by atoms with Gasteiger partial charge in [0.15, 0.2) is 6.29 Å². The van der Waals surface area contributed by atoms with Crippen LogP contribution in [-0.4, -0.2) is 16.4 Å². The van der Waals surface area contributed by atoms with Crippen LogP contribution in [0, 0.1) is 0 Å². The van der Waals surface area contributed by atoms with E-state index < -0.39 is 0 Å². The van der Waals surface area contributed by atoms with Crippen LogP contribution in [0.5, 0.6) is 5.75 Å². The molecule has 3 rings (SSSR count). The van der Waals surface area contributed by atoms with Gasteiger partial charge in [-0.05, 0) is 24.3 Å². The molecular formula is C15H11NO2. The second kappa shape index (κ2) is 4.04. The second-order valence-corrected chi connectivity index (χ2v) is 4.16. The van der Waals surface area contributed by atoms with Crippen LogP contribution in [0.2, 0.25) is 0 Å². The van der Waals surface area contributed by atoms with Gasteiger partial charge in [-0.15, -0.1) is 0 Å². The van der Waals surface area contributed by atoms with Gasteiger partial charge in [0.05, 0.1) is 5.56 Å². The monoisotopic (exact) mass is 237 g/mol. The standard InChI is InChI=1S/C15H11NO2/c17-9-12-6-5-11(8-15(12)18)14-7-10-3-1-2-4-13(10)16-14/h1-9,16,18H. The van der Waals surface area contributed by atoms with Gasteiger partial charge in [0.25, 0.3) is 0 Å². The van der Waals surface area contributed by atoms with Crippen molar-refractivity contribution >= 4 is 17.2 Å². The van der Waals surface area contributed by atoms with Crippen molar-refractivity contribution in [2.24, 2.45) is 0 Å². The molecule has 0 aliphatic rings. The minimum absolute atomic E-state index is 0.00107. The third-order valence-electron chi connectivity index (χ3n) is 3.00.